The largest absolute Gasteiger partial charge is 0.468 e. The number of halogens is 1. The Morgan fingerprint density at radius 1 is 1.53 bits per heavy atom. The molecular weight excluding hydrogens is 328 g/mol. The Hall–Kier alpha value is -1.24. The Kier molecular flexibility index (Phi) is 5.07. The average molecular weight is 341 g/mol. The summed E-state index contributed by atoms with van der Waals surface area (Å²) in [4.78, 5) is 17.2. The van der Waals surface area contributed by atoms with Crippen molar-refractivity contribution in [3.8, 4) is 0 Å². The second-order valence-corrected chi connectivity index (χ2v) is 5.77. The third kappa shape index (κ3) is 3.86. The van der Waals surface area contributed by atoms with Gasteiger partial charge in [0, 0.05) is 22.1 Å². The number of aromatic nitrogens is 1. The van der Waals surface area contributed by atoms with E-state index in [1.54, 1.807) is 23.6 Å². The Bertz CT molecular complexity index is 528. The van der Waals surface area contributed by atoms with Crippen molar-refractivity contribution in [2.45, 2.75) is 12.6 Å². The van der Waals surface area contributed by atoms with Gasteiger partial charge in [-0.2, -0.15) is 0 Å². The monoisotopic (exact) mass is 340 g/mol. The van der Waals surface area contributed by atoms with Gasteiger partial charge in [0.25, 0.3) is 0 Å². The maximum absolute atomic E-state index is 11.8. The molecule has 0 aliphatic heterocycles. The Balaban J connectivity index is 2.11. The fraction of sp³-hybridized carbons (Fsp3) is 0.231. The quantitative estimate of drug-likeness (QED) is 0.850. The molecule has 1 N–H and O–H groups in total. The van der Waals surface area contributed by atoms with Crippen LogP contribution in [0, 0.1) is 0 Å². The summed E-state index contributed by atoms with van der Waals surface area (Å²) in [7, 11) is 1.38. The first-order valence-corrected chi connectivity index (χ1v) is 7.33. The van der Waals surface area contributed by atoms with Crippen molar-refractivity contribution in [2.24, 2.45) is 0 Å². The van der Waals surface area contributed by atoms with Crippen LogP contribution in [0.3, 0.4) is 0 Å². The number of ether oxygens (including phenoxy) is 1. The van der Waals surface area contributed by atoms with E-state index in [4.69, 9.17) is 4.74 Å². The molecule has 4 nitrogen and oxygen atoms in total. The van der Waals surface area contributed by atoms with E-state index in [-0.39, 0.29) is 5.97 Å². The molecule has 0 fully saturated rings. The predicted octanol–water partition coefficient (Wildman–Crippen LogP) is 2.91. The molecule has 0 saturated heterocycles. The standard InChI is InChI=1S/C13H13BrN2O2S/c1-18-13(17)12(11-5-4-9(14)7-15-11)16-8-10-3-2-6-19-10/h2-7,12,16H,8H2,1H3. The van der Waals surface area contributed by atoms with Gasteiger partial charge in [0.15, 0.2) is 0 Å². The lowest BCUT2D eigenvalue weighted by Gasteiger charge is -2.15. The van der Waals surface area contributed by atoms with Crippen molar-refractivity contribution >= 4 is 33.2 Å². The summed E-state index contributed by atoms with van der Waals surface area (Å²) >= 11 is 4.96. The van der Waals surface area contributed by atoms with Crippen LogP contribution >= 0.6 is 27.3 Å². The van der Waals surface area contributed by atoms with E-state index in [9.17, 15) is 4.79 Å². The average Bonchev–Trinajstić information content (AvgIpc) is 2.93. The van der Waals surface area contributed by atoms with Gasteiger partial charge in [-0.1, -0.05) is 6.07 Å². The molecule has 0 aromatic carbocycles. The number of carbonyl (C=O) groups is 1. The van der Waals surface area contributed by atoms with Gasteiger partial charge in [-0.15, -0.1) is 11.3 Å². The van der Waals surface area contributed by atoms with Crippen molar-refractivity contribution in [1.82, 2.24) is 10.3 Å². The smallest absolute Gasteiger partial charge is 0.329 e. The van der Waals surface area contributed by atoms with Crippen LogP contribution in [0.2, 0.25) is 0 Å². The van der Waals surface area contributed by atoms with E-state index < -0.39 is 6.04 Å². The second-order valence-electron chi connectivity index (χ2n) is 3.82. The molecule has 0 radical (unpaired) electrons. The van der Waals surface area contributed by atoms with E-state index in [1.807, 2.05) is 23.6 Å². The minimum absolute atomic E-state index is 0.341. The second kappa shape index (κ2) is 6.79. The van der Waals surface area contributed by atoms with E-state index in [0.717, 1.165) is 9.35 Å². The lowest BCUT2D eigenvalue weighted by Crippen LogP contribution is -2.29. The number of pyridine rings is 1. The van der Waals surface area contributed by atoms with Gasteiger partial charge in [0.05, 0.1) is 12.8 Å². The molecule has 1 atom stereocenters. The van der Waals surface area contributed by atoms with Gasteiger partial charge < -0.3 is 4.74 Å². The third-order valence-corrected chi connectivity index (χ3v) is 3.89. The number of carbonyl (C=O) groups excluding carboxylic acids is 1. The van der Waals surface area contributed by atoms with Crippen molar-refractivity contribution in [3.05, 3.63) is 50.9 Å². The molecule has 2 aromatic heterocycles. The molecule has 1 unspecified atom stereocenters. The van der Waals surface area contributed by atoms with Crippen LogP contribution in [0.5, 0.6) is 0 Å². The Labute approximate surface area is 124 Å². The van der Waals surface area contributed by atoms with Crippen LogP contribution in [0.1, 0.15) is 16.6 Å². The zero-order valence-corrected chi connectivity index (χ0v) is 12.7. The maximum Gasteiger partial charge on any atom is 0.329 e. The fourth-order valence-corrected chi connectivity index (χ4v) is 2.49. The molecule has 19 heavy (non-hydrogen) atoms. The van der Waals surface area contributed by atoms with E-state index >= 15 is 0 Å². The molecule has 0 saturated carbocycles. The number of hydrogen-bond donors (Lipinski definition) is 1. The van der Waals surface area contributed by atoms with Gasteiger partial charge in [-0.05, 0) is 39.5 Å². The molecule has 0 aliphatic rings. The fourth-order valence-electron chi connectivity index (χ4n) is 1.60. The first-order valence-electron chi connectivity index (χ1n) is 5.65. The van der Waals surface area contributed by atoms with Gasteiger partial charge in [-0.25, -0.2) is 4.79 Å². The zero-order valence-electron chi connectivity index (χ0n) is 10.3. The van der Waals surface area contributed by atoms with Crippen LogP contribution in [-0.4, -0.2) is 18.1 Å². The Morgan fingerprint density at radius 2 is 2.37 bits per heavy atom. The topological polar surface area (TPSA) is 51.2 Å². The van der Waals surface area contributed by atoms with Crippen LogP contribution in [0.4, 0.5) is 0 Å². The highest BCUT2D eigenvalue weighted by atomic mass is 79.9. The summed E-state index contributed by atoms with van der Waals surface area (Å²) in [6.45, 7) is 0.606. The molecule has 0 amide bonds. The van der Waals surface area contributed by atoms with E-state index in [0.29, 0.717) is 12.2 Å². The van der Waals surface area contributed by atoms with Crippen molar-refractivity contribution < 1.29 is 9.53 Å². The predicted molar refractivity (Wildman–Crippen MR) is 77.9 cm³/mol. The lowest BCUT2D eigenvalue weighted by molar-refractivity contribution is -0.143. The summed E-state index contributed by atoms with van der Waals surface area (Å²) < 4.78 is 5.69. The normalized spacial score (nSPS) is 12.1. The molecule has 2 heterocycles. The molecule has 100 valence electrons. The Morgan fingerprint density at radius 3 is 2.95 bits per heavy atom. The summed E-state index contributed by atoms with van der Waals surface area (Å²) in [6, 6.07) is 7.09. The van der Waals surface area contributed by atoms with Crippen molar-refractivity contribution in [2.75, 3.05) is 7.11 Å². The number of rotatable bonds is 5. The molecule has 0 bridgehead atoms. The maximum atomic E-state index is 11.8. The molecule has 6 heteroatoms. The van der Waals surface area contributed by atoms with Crippen LogP contribution in [0.25, 0.3) is 0 Å². The SMILES string of the molecule is COC(=O)C(NCc1cccs1)c1ccc(Br)cn1. The van der Waals surface area contributed by atoms with Gasteiger partial charge in [0.2, 0.25) is 0 Å². The number of esters is 1. The first-order chi connectivity index (χ1) is 9.20. The highest BCUT2D eigenvalue weighted by Gasteiger charge is 2.22. The van der Waals surface area contributed by atoms with Crippen LogP contribution in [0.15, 0.2) is 40.3 Å². The zero-order chi connectivity index (χ0) is 13.7. The molecule has 2 aromatic rings. The van der Waals surface area contributed by atoms with Crippen LogP contribution in [-0.2, 0) is 16.1 Å². The van der Waals surface area contributed by atoms with Crippen molar-refractivity contribution in [3.63, 3.8) is 0 Å². The number of thiophene rings is 1. The van der Waals surface area contributed by atoms with Gasteiger partial charge in [-0.3, -0.25) is 10.3 Å². The summed E-state index contributed by atoms with van der Waals surface area (Å²) in [5, 5.41) is 5.17. The number of methoxy groups -OCH3 is 1. The summed E-state index contributed by atoms with van der Waals surface area (Å²) in [6.07, 6.45) is 1.66. The van der Waals surface area contributed by atoms with Gasteiger partial charge >= 0.3 is 5.97 Å². The molecule has 0 spiro atoms. The minimum Gasteiger partial charge on any atom is -0.468 e. The number of hydrogen-bond acceptors (Lipinski definition) is 5. The summed E-state index contributed by atoms with van der Waals surface area (Å²) in [5.74, 6) is -0.341. The third-order valence-electron chi connectivity index (χ3n) is 2.54. The van der Waals surface area contributed by atoms with Gasteiger partial charge in [0.1, 0.15) is 6.04 Å². The number of nitrogens with zero attached hydrogens (tertiary/aromatic N) is 1. The van der Waals surface area contributed by atoms with Crippen LogP contribution < -0.4 is 5.32 Å². The highest BCUT2D eigenvalue weighted by Crippen LogP contribution is 2.17. The molecule has 0 aliphatic carbocycles. The summed E-state index contributed by atoms with van der Waals surface area (Å²) in [5.41, 5.74) is 0.645. The molecule has 2 rings (SSSR count). The first kappa shape index (κ1) is 14.2. The van der Waals surface area contributed by atoms with Crippen molar-refractivity contribution in [1.29, 1.82) is 0 Å². The van der Waals surface area contributed by atoms with E-state index in [2.05, 4.69) is 26.2 Å². The molecular formula is C13H13BrN2O2S. The highest BCUT2D eigenvalue weighted by molar-refractivity contribution is 9.10. The minimum atomic E-state index is -0.555. The van der Waals surface area contributed by atoms with E-state index in [1.165, 1.54) is 7.11 Å². The lowest BCUT2D eigenvalue weighted by atomic mass is 10.2. The number of nitrogens with one attached hydrogen (secondary N) is 1.